The number of sulfonamides is 1. The van der Waals surface area contributed by atoms with Crippen molar-refractivity contribution in [3.8, 4) is 0 Å². The van der Waals surface area contributed by atoms with E-state index in [4.69, 9.17) is 5.14 Å². The summed E-state index contributed by atoms with van der Waals surface area (Å²) >= 11 is 0. The van der Waals surface area contributed by atoms with Gasteiger partial charge in [-0.15, -0.1) is 0 Å². The van der Waals surface area contributed by atoms with Crippen LogP contribution in [0.3, 0.4) is 0 Å². The lowest BCUT2D eigenvalue weighted by Crippen LogP contribution is -2.14. The number of primary sulfonamides is 1. The zero-order chi connectivity index (χ0) is 10.8. The van der Waals surface area contributed by atoms with Crippen LogP contribution in [0, 0.1) is 5.92 Å². The van der Waals surface area contributed by atoms with E-state index in [9.17, 15) is 8.42 Å². The molecule has 0 spiro atoms. The zero-order valence-electron chi connectivity index (χ0n) is 8.34. The van der Waals surface area contributed by atoms with Crippen LogP contribution in [0.15, 0.2) is 12.4 Å². The molecule has 5 nitrogen and oxygen atoms in total. The molecule has 0 radical (unpaired) electrons. The molecule has 0 fully saturated rings. The van der Waals surface area contributed by atoms with Crippen LogP contribution in [0.1, 0.15) is 19.4 Å². The van der Waals surface area contributed by atoms with Crippen molar-refractivity contribution in [3.63, 3.8) is 0 Å². The Morgan fingerprint density at radius 3 is 2.71 bits per heavy atom. The van der Waals surface area contributed by atoms with Crippen LogP contribution < -0.4 is 5.14 Å². The molecule has 0 saturated carbocycles. The molecule has 0 bridgehead atoms. The summed E-state index contributed by atoms with van der Waals surface area (Å²) in [5, 5.41) is 8.95. The quantitative estimate of drug-likeness (QED) is 0.789. The van der Waals surface area contributed by atoms with Crippen molar-refractivity contribution < 1.29 is 8.42 Å². The highest BCUT2D eigenvalue weighted by Crippen LogP contribution is 2.04. The third-order valence-corrected chi connectivity index (χ3v) is 2.34. The summed E-state index contributed by atoms with van der Waals surface area (Å²) in [4.78, 5) is 0. The summed E-state index contributed by atoms with van der Waals surface area (Å²) in [6.45, 7) is 4.92. The minimum absolute atomic E-state index is 0.148. The van der Waals surface area contributed by atoms with Gasteiger partial charge in [-0.05, 0) is 5.92 Å². The molecule has 0 aromatic carbocycles. The lowest BCUT2D eigenvalue weighted by Gasteiger charge is -2.03. The second-order valence-electron chi connectivity index (χ2n) is 3.77. The summed E-state index contributed by atoms with van der Waals surface area (Å²) in [5.41, 5.74) is 0.633. The van der Waals surface area contributed by atoms with E-state index >= 15 is 0 Å². The fourth-order valence-corrected chi connectivity index (χ4v) is 1.80. The molecule has 80 valence electrons. The highest BCUT2D eigenvalue weighted by molar-refractivity contribution is 7.88. The Bertz CT molecular complexity index is 394. The highest BCUT2D eigenvalue weighted by atomic mass is 32.2. The van der Waals surface area contributed by atoms with Crippen LogP contribution in [-0.4, -0.2) is 18.2 Å². The maximum absolute atomic E-state index is 10.8. The van der Waals surface area contributed by atoms with Gasteiger partial charge in [0.05, 0.1) is 11.9 Å². The first kappa shape index (κ1) is 11.2. The van der Waals surface area contributed by atoms with Crippen LogP contribution in [0.25, 0.3) is 0 Å². The van der Waals surface area contributed by atoms with E-state index < -0.39 is 10.0 Å². The molecule has 1 aromatic rings. The van der Waals surface area contributed by atoms with E-state index in [1.807, 2.05) is 0 Å². The van der Waals surface area contributed by atoms with Crippen molar-refractivity contribution in [3.05, 3.63) is 18.0 Å². The molecule has 1 aromatic heterocycles. The van der Waals surface area contributed by atoms with Crippen molar-refractivity contribution >= 4 is 10.0 Å². The van der Waals surface area contributed by atoms with E-state index in [-0.39, 0.29) is 5.75 Å². The van der Waals surface area contributed by atoms with E-state index in [0.29, 0.717) is 11.5 Å². The van der Waals surface area contributed by atoms with Gasteiger partial charge in [0.2, 0.25) is 10.0 Å². The SMILES string of the molecule is CC(C)Cn1cc(CS(N)(=O)=O)cn1. The minimum Gasteiger partial charge on any atom is -0.272 e. The molecule has 0 aliphatic rings. The second-order valence-corrected chi connectivity index (χ2v) is 5.39. The minimum atomic E-state index is -3.45. The van der Waals surface area contributed by atoms with Crippen molar-refractivity contribution in [1.29, 1.82) is 0 Å². The molecule has 0 atom stereocenters. The first-order chi connectivity index (χ1) is 6.37. The van der Waals surface area contributed by atoms with Crippen LogP contribution in [0.4, 0.5) is 0 Å². The summed E-state index contributed by atoms with van der Waals surface area (Å²) in [5.74, 6) is 0.336. The molecular formula is C8H15N3O2S. The Labute approximate surface area is 84.0 Å². The van der Waals surface area contributed by atoms with Gasteiger partial charge in [-0.25, -0.2) is 13.6 Å². The van der Waals surface area contributed by atoms with Gasteiger partial charge in [0.25, 0.3) is 0 Å². The van der Waals surface area contributed by atoms with Gasteiger partial charge in [-0.3, -0.25) is 4.68 Å². The monoisotopic (exact) mass is 217 g/mol. The maximum Gasteiger partial charge on any atom is 0.213 e. The lowest BCUT2D eigenvalue weighted by molar-refractivity contribution is 0.483. The van der Waals surface area contributed by atoms with Gasteiger partial charge >= 0.3 is 0 Å². The molecule has 6 heteroatoms. The van der Waals surface area contributed by atoms with Crippen molar-refractivity contribution in [1.82, 2.24) is 9.78 Å². The van der Waals surface area contributed by atoms with E-state index in [0.717, 1.165) is 6.54 Å². The van der Waals surface area contributed by atoms with E-state index in [2.05, 4.69) is 18.9 Å². The first-order valence-electron chi connectivity index (χ1n) is 4.38. The average Bonchev–Trinajstić information content (AvgIpc) is 2.30. The number of hydrogen-bond donors (Lipinski definition) is 1. The molecular weight excluding hydrogens is 202 g/mol. The van der Waals surface area contributed by atoms with Gasteiger partial charge in [-0.1, -0.05) is 13.8 Å². The summed E-state index contributed by atoms with van der Waals surface area (Å²) in [6, 6.07) is 0. The summed E-state index contributed by atoms with van der Waals surface area (Å²) in [6.07, 6.45) is 3.25. The highest BCUT2D eigenvalue weighted by Gasteiger charge is 2.07. The molecule has 0 aliphatic carbocycles. The number of nitrogens with two attached hydrogens (primary N) is 1. The number of nitrogens with zero attached hydrogens (tertiary/aromatic N) is 2. The Kier molecular flexibility index (Phi) is 3.28. The fourth-order valence-electron chi connectivity index (χ4n) is 1.19. The number of rotatable bonds is 4. The normalized spacial score (nSPS) is 12.3. The van der Waals surface area contributed by atoms with Crippen LogP contribution in [-0.2, 0) is 22.3 Å². The summed E-state index contributed by atoms with van der Waals surface area (Å²) < 4.78 is 23.3. The zero-order valence-corrected chi connectivity index (χ0v) is 9.16. The van der Waals surface area contributed by atoms with Crippen molar-refractivity contribution in [2.75, 3.05) is 0 Å². The van der Waals surface area contributed by atoms with Gasteiger partial charge in [0, 0.05) is 18.3 Å². The molecule has 0 unspecified atom stereocenters. The molecule has 1 rings (SSSR count). The molecule has 0 aliphatic heterocycles. The third kappa shape index (κ3) is 3.89. The number of aromatic nitrogens is 2. The maximum atomic E-state index is 10.8. The predicted molar refractivity (Wildman–Crippen MR) is 53.9 cm³/mol. The molecule has 2 N–H and O–H groups in total. The smallest absolute Gasteiger partial charge is 0.213 e. The standard InChI is InChI=1S/C8H15N3O2S/c1-7(2)4-11-5-8(3-10-11)6-14(9,12)13/h3,5,7H,4,6H2,1-2H3,(H2,9,12,13). The van der Waals surface area contributed by atoms with Crippen LogP contribution in [0.2, 0.25) is 0 Å². The van der Waals surface area contributed by atoms with E-state index in [1.165, 1.54) is 6.20 Å². The predicted octanol–water partition coefficient (Wildman–Crippen LogP) is 0.328. The molecule has 14 heavy (non-hydrogen) atoms. The van der Waals surface area contributed by atoms with Crippen molar-refractivity contribution in [2.45, 2.75) is 26.1 Å². The Hall–Kier alpha value is -0.880. The number of hydrogen-bond acceptors (Lipinski definition) is 3. The third-order valence-electron chi connectivity index (χ3n) is 1.61. The topological polar surface area (TPSA) is 78.0 Å². The van der Waals surface area contributed by atoms with E-state index in [1.54, 1.807) is 10.9 Å². The molecule has 1 heterocycles. The second kappa shape index (κ2) is 4.10. The first-order valence-corrected chi connectivity index (χ1v) is 6.10. The Balaban J connectivity index is 2.69. The largest absolute Gasteiger partial charge is 0.272 e. The fraction of sp³-hybridized carbons (Fsp3) is 0.625. The van der Waals surface area contributed by atoms with Gasteiger partial charge in [0.1, 0.15) is 0 Å². The van der Waals surface area contributed by atoms with Gasteiger partial charge in [-0.2, -0.15) is 5.10 Å². The Morgan fingerprint density at radius 2 is 2.21 bits per heavy atom. The van der Waals surface area contributed by atoms with Crippen LogP contribution >= 0.6 is 0 Å². The summed E-state index contributed by atoms with van der Waals surface area (Å²) in [7, 11) is -3.45. The lowest BCUT2D eigenvalue weighted by atomic mass is 10.2. The Morgan fingerprint density at radius 1 is 1.57 bits per heavy atom. The average molecular weight is 217 g/mol. The molecule has 0 amide bonds. The van der Waals surface area contributed by atoms with Gasteiger partial charge < -0.3 is 0 Å². The van der Waals surface area contributed by atoms with Crippen molar-refractivity contribution in [2.24, 2.45) is 11.1 Å². The van der Waals surface area contributed by atoms with Crippen LogP contribution in [0.5, 0.6) is 0 Å². The molecule has 0 saturated heterocycles. The van der Waals surface area contributed by atoms with Gasteiger partial charge in [0.15, 0.2) is 0 Å².